The quantitative estimate of drug-likeness (QED) is 0.831. The first-order chi connectivity index (χ1) is 8.70. The predicted octanol–water partition coefficient (Wildman–Crippen LogP) is 4.88. The van der Waals surface area contributed by atoms with Crippen LogP contribution >= 0.6 is 11.6 Å². The Morgan fingerprint density at radius 3 is 3.00 bits per heavy atom. The largest absolute Gasteiger partial charge is 0.381 e. The molecule has 0 saturated heterocycles. The number of nitrogens with zero attached hydrogens (tertiary/aromatic N) is 1. The molecule has 18 heavy (non-hydrogen) atoms. The van der Waals surface area contributed by atoms with E-state index in [-0.39, 0.29) is 0 Å². The van der Waals surface area contributed by atoms with E-state index >= 15 is 0 Å². The monoisotopic (exact) mass is 262 g/mol. The maximum Gasteiger partial charge on any atom is 0.0934 e. The normalized spacial score (nSPS) is 12.6. The van der Waals surface area contributed by atoms with Gasteiger partial charge in [0.1, 0.15) is 0 Å². The summed E-state index contributed by atoms with van der Waals surface area (Å²) in [6.07, 6.45) is 5.44. The van der Waals surface area contributed by atoms with Gasteiger partial charge in [0.15, 0.2) is 0 Å². The van der Waals surface area contributed by atoms with Crippen LogP contribution in [-0.2, 0) is 0 Å². The average Bonchev–Trinajstić information content (AvgIpc) is 2.36. The van der Waals surface area contributed by atoms with Gasteiger partial charge >= 0.3 is 0 Å². The van der Waals surface area contributed by atoms with E-state index in [1.54, 1.807) is 0 Å². The molecule has 0 aliphatic carbocycles. The van der Waals surface area contributed by atoms with Crippen molar-refractivity contribution in [3.05, 3.63) is 35.5 Å². The molecular formula is C15H19ClN2. The molecule has 0 spiro atoms. The van der Waals surface area contributed by atoms with Crippen molar-refractivity contribution in [2.45, 2.75) is 39.2 Å². The topological polar surface area (TPSA) is 24.9 Å². The van der Waals surface area contributed by atoms with Gasteiger partial charge in [-0.2, -0.15) is 0 Å². The van der Waals surface area contributed by atoms with Crippen molar-refractivity contribution >= 4 is 28.2 Å². The maximum absolute atomic E-state index is 6.14. The first kappa shape index (κ1) is 13.2. The molecule has 3 heteroatoms. The fourth-order valence-corrected chi connectivity index (χ4v) is 2.34. The van der Waals surface area contributed by atoms with Gasteiger partial charge in [0.2, 0.25) is 0 Å². The second-order valence-corrected chi connectivity index (χ2v) is 5.15. The highest BCUT2D eigenvalue weighted by atomic mass is 35.5. The molecule has 2 rings (SSSR count). The summed E-state index contributed by atoms with van der Waals surface area (Å²) in [5.41, 5.74) is 2.02. The van der Waals surface area contributed by atoms with Crippen LogP contribution in [-0.4, -0.2) is 11.0 Å². The van der Waals surface area contributed by atoms with E-state index in [0.717, 1.165) is 28.0 Å². The average molecular weight is 263 g/mol. The first-order valence-corrected chi connectivity index (χ1v) is 6.89. The van der Waals surface area contributed by atoms with Crippen LogP contribution in [0.1, 0.15) is 33.1 Å². The fourth-order valence-electron chi connectivity index (χ4n) is 2.11. The molecule has 2 nitrogen and oxygen atoms in total. The molecule has 1 aromatic carbocycles. The van der Waals surface area contributed by atoms with Crippen LogP contribution in [0.25, 0.3) is 10.9 Å². The van der Waals surface area contributed by atoms with Crippen LogP contribution < -0.4 is 5.32 Å². The lowest BCUT2D eigenvalue weighted by Gasteiger charge is -2.16. The zero-order chi connectivity index (χ0) is 13.0. The van der Waals surface area contributed by atoms with E-state index in [2.05, 4.69) is 24.1 Å². The Hall–Kier alpha value is -1.28. The van der Waals surface area contributed by atoms with E-state index in [1.165, 1.54) is 12.8 Å². The van der Waals surface area contributed by atoms with Crippen molar-refractivity contribution < 1.29 is 0 Å². The molecular weight excluding hydrogens is 244 g/mol. The summed E-state index contributed by atoms with van der Waals surface area (Å²) in [6.45, 7) is 4.41. The van der Waals surface area contributed by atoms with Gasteiger partial charge in [-0.05, 0) is 31.5 Å². The van der Waals surface area contributed by atoms with E-state index in [4.69, 9.17) is 11.6 Å². The number of hydrogen-bond donors (Lipinski definition) is 1. The first-order valence-electron chi connectivity index (χ1n) is 6.51. The second-order valence-electron chi connectivity index (χ2n) is 4.72. The lowest BCUT2D eigenvalue weighted by Crippen LogP contribution is -2.15. The molecule has 2 aromatic rings. The number of anilines is 1. The summed E-state index contributed by atoms with van der Waals surface area (Å²) in [5.74, 6) is 0. The number of hydrogen-bond acceptors (Lipinski definition) is 2. The SMILES string of the molecule is CCCCC(C)Nc1cc(Cl)cc2cccnc12. The molecule has 1 aromatic heterocycles. The third-order valence-corrected chi connectivity index (χ3v) is 3.28. The minimum atomic E-state index is 0.439. The molecule has 0 bridgehead atoms. The number of unbranched alkanes of at least 4 members (excludes halogenated alkanes) is 1. The second kappa shape index (κ2) is 6.05. The number of rotatable bonds is 5. The Kier molecular flexibility index (Phi) is 4.43. The van der Waals surface area contributed by atoms with Gasteiger partial charge in [0.25, 0.3) is 0 Å². The highest BCUT2D eigenvalue weighted by Crippen LogP contribution is 2.27. The maximum atomic E-state index is 6.14. The lowest BCUT2D eigenvalue weighted by atomic mass is 10.1. The van der Waals surface area contributed by atoms with Crippen LogP contribution in [0.15, 0.2) is 30.5 Å². The van der Waals surface area contributed by atoms with Gasteiger partial charge < -0.3 is 5.32 Å². The van der Waals surface area contributed by atoms with Gasteiger partial charge in [0.05, 0.1) is 11.2 Å². The zero-order valence-electron chi connectivity index (χ0n) is 10.9. The molecule has 1 atom stereocenters. The Morgan fingerprint density at radius 1 is 1.39 bits per heavy atom. The van der Waals surface area contributed by atoms with Gasteiger partial charge in [-0.1, -0.05) is 37.4 Å². The van der Waals surface area contributed by atoms with Crippen LogP contribution in [0.3, 0.4) is 0 Å². The molecule has 1 heterocycles. The van der Waals surface area contributed by atoms with Gasteiger partial charge in [-0.3, -0.25) is 4.98 Å². The fraction of sp³-hybridized carbons (Fsp3) is 0.400. The summed E-state index contributed by atoms with van der Waals surface area (Å²) in [4.78, 5) is 4.43. The number of aromatic nitrogens is 1. The van der Waals surface area contributed by atoms with Crippen molar-refractivity contribution in [3.8, 4) is 0 Å². The zero-order valence-corrected chi connectivity index (χ0v) is 11.7. The molecule has 0 aliphatic rings. The summed E-state index contributed by atoms with van der Waals surface area (Å²) in [6, 6.07) is 8.32. The smallest absolute Gasteiger partial charge is 0.0934 e. The molecule has 1 unspecified atom stereocenters. The Balaban J connectivity index is 2.26. The van der Waals surface area contributed by atoms with Crippen molar-refractivity contribution in [1.29, 1.82) is 0 Å². The lowest BCUT2D eigenvalue weighted by molar-refractivity contribution is 0.645. The van der Waals surface area contributed by atoms with E-state index < -0.39 is 0 Å². The number of pyridine rings is 1. The minimum Gasteiger partial charge on any atom is -0.381 e. The van der Waals surface area contributed by atoms with Crippen molar-refractivity contribution in [3.63, 3.8) is 0 Å². The van der Waals surface area contributed by atoms with Crippen LogP contribution in [0, 0.1) is 0 Å². The van der Waals surface area contributed by atoms with E-state index in [1.807, 2.05) is 30.5 Å². The molecule has 96 valence electrons. The van der Waals surface area contributed by atoms with Crippen molar-refractivity contribution in [1.82, 2.24) is 4.98 Å². The van der Waals surface area contributed by atoms with Crippen molar-refractivity contribution in [2.24, 2.45) is 0 Å². The number of halogens is 1. The molecule has 0 radical (unpaired) electrons. The molecule has 0 saturated carbocycles. The Bertz CT molecular complexity index is 525. The van der Waals surface area contributed by atoms with Gasteiger partial charge in [0, 0.05) is 22.6 Å². The predicted molar refractivity (Wildman–Crippen MR) is 79.4 cm³/mol. The summed E-state index contributed by atoms with van der Waals surface area (Å²) in [5, 5.41) is 5.34. The third kappa shape index (κ3) is 3.14. The van der Waals surface area contributed by atoms with E-state index in [9.17, 15) is 0 Å². The van der Waals surface area contributed by atoms with E-state index in [0.29, 0.717) is 6.04 Å². The van der Waals surface area contributed by atoms with Crippen molar-refractivity contribution in [2.75, 3.05) is 5.32 Å². The highest BCUT2D eigenvalue weighted by molar-refractivity contribution is 6.31. The number of benzene rings is 1. The summed E-state index contributed by atoms with van der Waals surface area (Å²) < 4.78 is 0. The standard InChI is InChI=1S/C15H19ClN2/c1-3-4-6-11(2)18-14-10-13(16)9-12-7-5-8-17-15(12)14/h5,7-11,18H,3-4,6H2,1-2H3. The van der Waals surface area contributed by atoms with Gasteiger partial charge in [-0.25, -0.2) is 0 Å². The number of nitrogens with one attached hydrogen (secondary N) is 1. The van der Waals surface area contributed by atoms with Crippen LogP contribution in [0.5, 0.6) is 0 Å². The summed E-state index contributed by atoms with van der Waals surface area (Å²) in [7, 11) is 0. The molecule has 0 amide bonds. The highest BCUT2D eigenvalue weighted by Gasteiger charge is 2.07. The van der Waals surface area contributed by atoms with Crippen LogP contribution in [0.4, 0.5) is 5.69 Å². The molecule has 0 fully saturated rings. The molecule has 1 N–H and O–H groups in total. The number of fused-ring (bicyclic) bond motifs is 1. The van der Waals surface area contributed by atoms with Gasteiger partial charge in [-0.15, -0.1) is 0 Å². The third-order valence-electron chi connectivity index (χ3n) is 3.06. The Morgan fingerprint density at radius 2 is 2.22 bits per heavy atom. The summed E-state index contributed by atoms with van der Waals surface area (Å²) >= 11 is 6.14. The Labute approximate surface area is 113 Å². The molecule has 0 aliphatic heterocycles. The van der Waals surface area contributed by atoms with Crippen LogP contribution in [0.2, 0.25) is 5.02 Å². The minimum absolute atomic E-state index is 0.439.